The summed E-state index contributed by atoms with van der Waals surface area (Å²) < 4.78 is 0. The lowest BCUT2D eigenvalue weighted by Gasteiger charge is -2.02. The topological polar surface area (TPSA) is 66.5 Å². The Morgan fingerprint density at radius 1 is 1.43 bits per heavy atom. The molecule has 2 heterocycles. The summed E-state index contributed by atoms with van der Waals surface area (Å²) in [6.45, 7) is 0. The van der Waals surface area contributed by atoms with Crippen LogP contribution in [0, 0.1) is 0 Å². The summed E-state index contributed by atoms with van der Waals surface area (Å²) in [6.07, 6.45) is 3.89. The van der Waals surface area contributed by atoms with Crippen molar-refractivity contribution in [3.8, 4) is 0 Å². The van der Waals surface area contributed by atoms with Gasteiger partial charge in [0.2, 0.25) is 5.28 Å². The SMILES string of the molecule is Clc1nc2ncnc(NC3CC3)c2[nH]1. The van der Waals surface area contributed by atoms with E-state index in [-0.39, 0.29) is 0 Å². The number of aromatic nitrogens is 4. The van der Waals surface area contributed by atoms with Gasteiger partial charge in [-0.3, -0.25) is 0 Å². The number of H-pyrrole nitrogens is 1. The van der Waals surface area contributed by atoms with Gasteiger partial charge in [0, 0.05) is 6.04 Å². The molecular weight excluding hydrogens is 202 g/mol. The molecule has 0 amide bonds. The number of hydrogen-bond donors (Lipinski definition) is 2. The molecule has 1 saturated carbocycles. The van der Waals surface area contributed by atoms with Gasteiger partial charge in [0.05, 0.1) is 0 Å². The molecule has 0 aliphatic heterocycles. The Morgan fingerprint density at radius 3 is 3.07 bits per heavy atom. The van der Waals surface area contributed by atoms with E-state index >= 15 is 0 Å². The normalized spacial score (nSPS) is 16.1. The molecule has 3 rings (SSSR count). The van der Waals surface area contributed by atoms with Gasteiger partial charge in [-0.15, -0.1) is 0 Å². The van der Waals surface area contributed by atoms with Crippen molar-refractivity contribution in [2.24, 2.45) is 0 Å². The van der Waals surface area contributed by atoms with Crippen molar-refractivity contribution < 1.29 is 0 Å². The van der Waals surface area contributed by atoms with Crippen molar-refractivity contribution in [3.05, 3.63) is 11.6 Å². The number of aromatic amines is 1. The molecule has 0 atom stereocenters. The van der Waals surface area contributed by atoms with Crippen molar-refractivity contribution in [1.29, 1.82) is 0 Å². The summed E-state index contributed by atoms with van der Waals surface area (Å²) in [5, 5.41) is 3.64. The van der Waals surface area contributed by atoms with Crippen LogP contribution in [0.1, 0.15) is 12.8 Å². The van der Waals surface area contributed by atoms with E-state index in [2.05, 4.69) is 25.3 Å². The number of nitrogens with one attached hydrogen (secondary N) is 2. The highest BCUT2D eigenvalue weighted by Crippen LogP contribution is 2.26. The zero-order valence-electron chi connectivity index (χ0n) is 7.29. The number of rotatable bonds is 2. The van der Waals surface area contributed by atoms with E-state index in [1.54, 1.807) is 0 Å². The van der Waals surface area contributed by atoms with Gasteiger partial charge in [-0.05, 0) is 24.4 Å². The van der Waals surface area contributed by atoms with Gasteiger partial charge in [-0.25, -0.2) is 9.97 Å². The van der Waals surface area contributed by atoms with Gasteiger partial charge in [0.25, 0.3) is 0 Å². The molecule has 0 radical (unpaired) electrons. The van der Waals surface area contributed by atoms with Crippen LogP contribution in [-0.4, -0.2) is 26.0 Å². The Labute approximate surface area is 84.9 Å². The lowest BCUT2D eigenvalue weighted by Crippen LogP contribution is -2.03. The number of imidazole rings is 1. The molecule has 1 aliphatic rings. The van der Waals surface area contributed by atoms with Crippen LogP contribution in [0.5, 0.6) is 0 Å². The zero-order chi connectivity index (χ0) is 9.54. The minimum Gasteiger partial charge on any atom is -0.365 e. The number of nitrogens with zero attached hydrogens (tertiary/aromatic N) is 3. The molecule has 1 aliphatic carbocycles. The Kier molecular flexibility index (Phi) is 1.61. The molecule has 0 saturated heterocycles. The van der Waals surface area contributed by atoms with E-state index in [9.17, 15) is 0 Å². The highest BCUT2D eigenvalue weighted by atomic mass is 35.5. The van der Waals surface area contributed by atoms with E-state index < -0.39 is 0 Å². The lowest BCUT2D eigenvalue weighted by molar-refractivity contribution is 1.10. The fraction of sp³-hybridized carbons (Fsp3) is 0.375. The quantitative estimate of drug-likeness (QED) is 0.737. The van der Waals surface area contributed by atoms with Crippen LogP contribution in [0.2, 0.25) is 5.28 Å². The van der Waals surface area contributed by atoms with Gasteiger partial charge in [0.1, 0.15) is 11.8 Å². The van der Waals surface area contributed by atoms with Crippen LogP contribution in [0.4, 0.5) is 5.82 Å². The van der Waals surface area contributed by atoms with E-state index in [1.165, 1.54) is 19.2 Å². The minimum atomic E-state index is 0.347. The van der Waals surface area contributed by atoms with Gasteiger partial charge in [-0.1, -0.05) is 0 Å². The molecule has 6 heteroatoms. The fourth-order valence-electron chi connectivity index (χ4n) is 1.33. The molecule has 0 bridgehead atoms. The third-order valence-corrected chi connectivity index (χ3v) is 2.36. The van der Waals surface area contributed by atoms with Crippen molar-refractivity contribution >= 4 is 28.6 Å². The highest BCUT2D eigenvalue weighted by Gasteiger charge is 2.22. The molecule has 14 heavy (non-hydrogen) atoms. The van der Waals surface area contributed by atoms with Crippen molar-refractivity contribution in [2.45, 2.75) is 18.9 Å². The zero-order valence-corrected chi connectivity index (χ0v) is 8.04. The molecule has 2 aromatic rings. The molecule has 5 nitrogen and oxygen atoms in total. The molecule has 0 aromatic carbocycles. The average Bonchev–Trinajstić information content (AvgIpc) is 2.87. The number of fused-ring (bicyclic) bond motifs is 1. The molecule has 72 valence electrons. The average molecular weight is 210 g/mol. The predicted octanol–water partition coefficient (Wildman–Crippen LogP) is 1.58. The minimum absolute atomic E-state index is 0.347. The van der Waals surface area contributed by atoms with E-state index in [4.69, 9.17) is 11.6 Å². The summed E-state index contributed by atoms with van der Waals surface area (Å²) in [5.41, 5.74) is 1.39. The standard InChI is InChI=1S/C8H8ClN5/c9-8-13-5-6(12-4-1-2-4)10-3-11-7(5)14-8/h3-4H,1-2H2,(H2,10,11,12,13,14). The first-order chi connectivity index (χ1) is 6.83. The Hall–Kier alpha value is -1.36. The number of hydrogen-bond acceptors (Lipinski definition) is 4. The molecule has 2 N–H and O–H groups in total. The fourth-order valence-corrected chi connectivity index (χ4v) is 1.51. The summed E-state index contributed by atoms with van der Waals surface area (Å²) >= 11 is 5.75. The van der Waals surface area contributed by atoms with E-state index in [1.807, 2.05) is 0 Å². The number of anilines is 1. The third-order valence-electron chi connectivity index (χ3n) is 2.18. The van der Waals surface area contributed by atoms with Gasteiger partial charge in [-0.2, -0.15) is 4.98 Å². The van der Waals surface area contributed by atoms with Crippen molar-refractivity contribution in [3.63, 3.8) is 0 Å². The second-order valence-electron chi connectivity index (χ2n) is 3.37. The predicted molar refractivity (Wildman–Crippen MR) is 53.3 cm³/mol. The maximum Gasteiger partial charge on any atom is 0.202 e. The number of halogens is 1. The van der Waals surface area contributed by atoms with Crippen molar-refractivity contribution in [1.82, 2.24) is 19.9 Å². The van der Waals surface area contributed by atoms with Crippen LogP contribution < -0.4 is 5.32 Å². The summed E-state index contributed by atoms with van der Waals surface area (Å²) in [6, 6.07) is 0.551. The van der Waals surface area contributed by atoms with Crippen LogP contribution in [0.15, 0.2) is 6.33 Å². The van der Waals surface area contributed by atoms with Crippen LogP contribution in [-0.2, 0) is 0 Å². The smallest absolute Gasteiger partial charge is 0.202 e. The Bertz CT molecular complexity index is 476. The molecule has 1 fully saturated rings. The summed E-state index contributed by atoms with van der Waals surface area (Å²) in [7, 11) is 0. The first-order valence-electron chi connectivity index (χ1n) is 4.45. The summed E-state index contributed by atoms with van der Waals surface area (Å²) in [5.74, 6) is 0.789. The van der Waals surface area contributed by atoms with Gasteiger partial charge < -0.3 is 10.3 Å². The van der Waals surface area contributed by atoms with Crippen LogP contribution in [0.25, 0.3) is 11.2 Å². The Morgan fingerprint density at radius 2 is 2.29 bits per heavy atom. The molecular formula is C8H8ClN5. The highest BCUT2D eigenvalue weighted by molar-refractivity contribution is 6.29. The Balaban J connectivity index is 2.11. The van der Waals surface area contributed by atoms with Gasteiger partial charge >= 0.3 is 0 Å². The van der Waals surface area contributed by atoms with E-state index in [0.29, 0.717) is 17.0 Å². The first-order valence-corrected chi connectivity index (χ1v) is 4.83. The van der Waals surface area contributed by atoms with E-state index in [0.717, 1.165) is 11.3 Å². The third kappa shape index (κ3) is 1.29. The van der Waals surface area contributed by atoms with Crippen LogP contribution in [0.3, 0.4) is 0 Å². The summed E-state index contributed by atoms with van der Waals surface area (Å²) in [4.78, 5) is 15.1. The van der Waals surface area contributed by atoms with Gasteiger partial charge in [0.15, 0.2) is 11.5 Å². The van der Waals surface area contributed by atoms with Crippen molar-refractivity contribution in [2.75, 3.05) is 5.32 Å². The molecule has 0 unspecified atom stereocenters. The second-order valence-corrected chi connectivity index (χ2v) is 3.73. The molecule has 0 spiro atoms. The largest absolute Gasteiger partial charge is 0.365 e. The van der Waals surface area contributed by atoms with Crippen LogP contribution >= 0.6 is 11.6 Å². The second kappa shape index (κ2) is 2.81. The lowest BCUT2D eigenvalue weighted by atomic mass is 10.5. The maximum absolute atomic E-state index is 5.75. The maximum atomic E-state index is 5.75. The monoisotopic (exact) mass is 209 g/mol. The first kappa shape index (κ1) is 7.99. The molecule has 2 aromatic heterocycles.